The van der Waals surface area contributed by atoms with Gasteiger partial charge in [0.1, 0.15) is 11.5 Å². The second-order valence-corrected chi connectivity index (χ2v) is 11.2. The van der Waals surface area contributed by atoms with Crippen LogP contribution in [-0.4, -0.2) is 65.6 Å². The molecule has 1 amide bonds. The smallest absolute Gasteiger partial charge is 0.274 e. The summed E-state index contributed by atoms with van der Waals surface area (Å²) in [4.78, 5) is 45.3. The van der Waals surface area contributed by atoms with Crippen LogP contribution in [0, 0.1) is 12.4 Å². The third-order valence-electron chi connectivity index (χ3n) is 7.58. The molecule has 1 aliphatic heterocycles. The van der Waals surface area contributed by atoms with Crippen molar-refractivity contribution in [2.45, 2.75) is 19.8 Å². The van der Waals surface area contributed by atoms with E-state index in [-0.39, 0.29) is 39.4 Å². The van der Waals surface area contributed by atoms with Gasteiger partial charge >= 0.3 is 0 Å². The van der Waals surface area contributed by atoms with E-state index in [2.05, 4.69) is 16.4 Å². The number of hydrogen-bond donors (Lipinski definition) is 0. The first-order valence-electron chi connectivity index (χ1n) is 13.8. The minimum atomic E-state index is -0.575. The molecule has 43 heavy (non-hydrogen) atoms. The van der Waals surface area contributed by atoms with Crippen molar-refractivity contribution < 1.29 is 9.18 Å². The summed E-state index contributed by atoms with van der Waals surface area (Å²) in [5, 5.41) is 0.631. The minimum Gasteiger partial charge on any atom is -0.376 e. The molecular formula is C32H31ClFN7O2. The maximum Gasteiger partial charge on any atom is 0.274 e. The van der Waals surface area contributed by atoms with Crippen LogP contribution in [0.1, 0.15) is 25.3 Å². The zero-order valence-corrected chi connectivity index (χ0v) is 25.2. The van der Waals surface area contributed by atoms with Crippen molar-refractivity contribution in [1.82, 2.24) is 19.4 Å². The van der Waals surface area contributed by atoms with E-state index in [1.54, 1.807) is 40.3 Å². The van der Waals surface area contributed by atoms with Crippen molar-refractivity contribution in [2.75, 3.05) is 50.1 Å². The van der Waals surface area contributed by atoms with E-state index in [0.717, 1.165) is 5.56 Å². The summed E-state index contributed by atoms with van der Waals surface area (Å²) in [5.41, 5.74) is 1.60. The third-order valence-corrected chi connectivity index (χ3v) is 7.87. The number of benzene rings is 1. The second-order valence-electron chi connectivity index (χ2n) is 10.8. The van der Waals surface area contributed by atoms with Crippen molar-refractivity contribution in [3.63, 3.8) is 0 Å². The Kier molecular flexibility index (Phi) is 8.20. The highest BCUT2D eigenvalue weighted by atomic mass is 35.5. The summed E-state index contributed by atoms with van der Waals surface area (Å²) in [6.45, 7) is 17.2. The van der Waals surface area contributed by atoms with Crippen molar-refractivity contribution in [1.29, 1.82) is 0 Å². The minimum absolute atomic E-state index is 0.0106. The van der Waals surface area contributed by atoms with E-state index in [0.29, 0.717) is 48.8 Å². The number of amides is 1. The van der Waals surface area contributed by atoms with Crippen molar-refractivity contribution in [3.05, 3.63) is 93.4 Å². The van der Waals surface area contributed by atoms with Crippen molar-refractivity contribution >= 4 is 45.7 Å². The molecule has 0 bridgehead atoms. The molecule has 11 heteroatoms. The van der Waals surface area contributed by atoms with Gasteiger partial charge in [-0.3, -0.25) is 14.2 Å². The van der Waals surface area contributed by atoms with Crippen LogP contribution in [-0.2, 0) is 4.79 Å². The van der Waals surface area contributed by atoms with Gasteiger partial charge in [0.15, 0.2) is 5.82 Å². The summed E-state index contributed by atoms with van der Waals surface area (Å²) in [7, 11) is 3.65. The van der Waals surface area contributed by atoms with Gasteiger partial charge in [-0.25, -0.2) is 19.2 Å². The molecule has 1 aliphatic rings. The number of pyridine rings is 3. The first-order valence-corrected chi connectivity index (χ1v) is 14.2. The number of carbonyl (C=O) groups is 1. The first-order chi connectivity index (χ1) is 20.6. The number of nitrogens with zero attached hydrogens (tertiary/aromatic N) is 7. The first kappa shape index (κ1) is 29.7. The summed E-state index contributed by atoms with van der Waals surface area (Å²) >= 11 is 6.80. The van der Waals surface area contributed by atoms with Gasteiger partial charge in [0.05, 0.1) is 28.7 Å². The van der Waals surface area contributed by atoms with E-state index < -0.39 is 11.4 Å². The molecule has 0 atom stereocenters. The lowest BCUT2D eigenvalue weighted by molar-refractivity contribution is -0.126. The van der Waals surface area contributed by atoms with E-state index >= 15 is 4.39 Å². The predicted octanol–water partition coefficient (Wildman–Crippen LogP) is 5.81. The highest BCUT2D eigenvalue weighted by Gasteiger charge is 2.30. The van der Waals surface area contributed by atoms with Gasteiger partial charge in [-0.05, 0) is 41.8 Å². The summed E-state index contributed by atoms with van der Waals surface area (Å²) in [6, 6.07) is 9.66. The molecule has 4 aromatic rings. The van der Waals surface area contributed by atoms with E-state index in [1.165, 1.54) is 16.7 Å². The van der Waals surface area contributed by atoms with Gasteiger partial charge in [-0.1, -0.05) is 44.2 Å². The Morgan fingerprint density at radius 1 is 1.16 bits per heavy atom. The summed E-state index contributed by atoms with van der Waals surface area (Å²) in [5.74, 6) is -0.189. The molecule has 3 aromatic heterocycles. The van der Waals surface area contributed by atoms with Crippen molar-refractivity contribution in [3.8, 4) is 16.9 Å². The quantitative estimate of drug-likeness (QED) is 0.205. The van der Waals surface area contributed by atoms with Crippen LogP contribution in [0.3, 0.4) is 0 Å². The molecule has 0 N–H and O–H groups in total. The number of fused-ring (bicyclic) bond motifs is 1. The highest BCUT2D eigenvalue weighted by molar-refractivity contribution is 6.34. The normalized spacial score (nSPS) is 13.3. The van der Waals surface area contributed by atoms with Crippen molar-refractivity contribution in [2.24, 2.45) is 0 Å². The van der Waals surface area contributed by atoms with Crippen LogP contribution in [0.5, 0.6) is 0 Å². The van der Waals surface area contributed by atoms with Gasteiger partial charge in [0.25, 0.3) is 11.2 Å². The lowest BCUT2D eigenvalue weighted by Crippen LogP contribution is -2.48. The third kappa shape index (κ3) is 5.21. The molecule has 220 valence electrons. The molecule has 9 nitrogen and oxygen atoms in total. The molecule has 0 saturated carbocycles. The Labute approximate surface area is 254 Å². The summed E-state index contributed by atoms with van der Waals surface area (Å²) < 4.78 is 16.5. The fraction of sp³-hybridized carbons (Fsp3) is 0.281. The Balaban J connectivity index is 1.91. The number of hydrogen-bond acceptors (Lipinski definition) is 6. The van der Waals surface area contributed by atoms with Gasteiger partial charge in [0.2, 0.25) is 5.91 Å². The lowest BCUT2D eigenvalue weighted by Gasteiger charge is -2.37. The average Bonchev–Trinajstić information content (AvgIpc) is 3.00. The molecule has 0 radical (unpaired) electrons. The van der Waals surface area contributed by atoms with E-state index in [1.807, 2.05) is 38.9 Å². The molecular weight excluding hydrogens is 569 g/mol. The molecule has 0 spiro atoms. The number of carbonyl (C=O) groups excluding carboxylic acids is 1. The van der Waals surface area contributed by atoms with E-state index in [9.17, 15) is 9.59 Å². The van der Waals surface area contributed by atoms with Crippen LogP contribution in [0.25, 0.3) is 32.8 Å². The number of anilines is 2. The zero-order valence-electron chi connectivity index (χ0n) is 24.4. The van der Waals surface area contributed by atoms with Gasteiger partial charge in [0, 0.05) is 57.4 Å². The Morgan fingerprint density at radius 2 is 1.86 bits per heavy atom. The standard InChI is InChI=1S/C32H31ClFN7O2/c1-7-25(42)39-14-16-40(17-15-39)28-22-18-23(33)26(21-10-8-9-11-24(21)34)37-30(22)41(32(43)27(28)35-4)29-20(19(2)3)12-13-36-31(29)38(5)6/h7-13,18-19H,1,14-17H2,2-3,5-6H3. The van der Waals surface area contributed by atoms with Crippen LogP contribution < -0.4 is 15.4 Å². The van der Waals surface area contributed by atoms with Crippen LogP contribution in [0.4, 0.5) is 21.6 Å². The molecule has 0 unspecified atom stereocenters. The van der Waals surface area contributed by atoms with Gasteiger partial charge in [-0.15, -0.1) is 0 Å². The SMILES string of the molecule is [C-]#[N+]c1c(N2CCN(C(=O)C=C)CC2)c2cc(Cl)c(-c3ccccc3F)nc2n(-c2c(C(C)C)ccnc2N(C)C)c1=O. The van der Waals surface area contributed by atoms with Crippen LogP contribution in [0.15, 0.2) is 60.0 Å². The van der Waals surface area contributed by atoms with Gasteiger partial charge in [-0.2, -0.15) is 0 Å². The zero-order chi connectivity index (χ0) is 31.0. The Bertz CT molecular complexity index is 1830. The largest absolute Gasteiger partial charge is 0.376 e. The maximum absolute atomic E-state index is 15.0. The number of halogens is 2. The van der Waals surface area contributed by atoms with Crippen LogP contribution >= 0.6 is 11.6 Å². The molecule has 1 fully saturated rings. The maximum atomic E-state index is 15.0. The Hall–Kier alpha value is -4.75. The fourth-order valence-electron chi connectivity index (χ4n) is 5.48. The van der Waals surface area contributed by atoms with E-state index in [4.69, 9.17) is 23.2 Å². The van der Waals surface area contributed by atoms with Gasteiger partial charge < -0.3 is 14.7 Å². The number of piperazine rings is 1. The molecule has 4 heterocycles. The number of aromatic nitrogens is 3. The number of rotatable bonds is 6. The second kappa shape index (κ2) is 11.9. The lowest BCUT2D eigenvalue weighted by atomic mass is 10.0. The predicted molar refractivity (Wildman–Crippen MR) is 169 cm³/mol. The average molecular weight is 600 g/mol. The van der Waals surface area contributed by atoms with Crippen LogP contribution in [0.2, 0.25) is 5.02 Å². The topological polar surface area (TPSA) is 78.9 Å². The highest BCUT2D eigenvalue weighted by Crippen LogP contribution is 2.41. The molecule has 1 aromatic carbocycles. The fourth-order valence-corrected chi connectivity index (χ4v) is 5.74. The molecule has 5 rings (SSSR count). The summed E-state index contributed by atoms with van der Waals surface area (Å²) in [6.07, 6.45) is 2.96. The Morgan fingerprint density at radius 3 is 2.47 bits per heavy atom. The monoisotopic (exact) mass is 599 g/mol. The molecule has 0 aliphatic carbocycles. The molecule has 1 saturated heterocycles.